The summed E-state index contributed by atoms with van der Waals surface area (Å²) < 4.78 is 9.60. The first-order valence-electron chi connectivity index (χ1n) is 11.9. The smallest absolute Gasteiger partial charge is 0.344 e. The van der Waals surface area contributed by atoms with Crippen molar-refractivity contribution in [1.29, 1.82) is 0 Å². The number of ether oxygens (including phenoxy) is 2. The van der Waals surface area contributed by atoms with Crippen LogP contribution in [0.2, 0.25) is 5.02 Å². The largest absolute Gasteiger partial charge is 0.466 e. The van der Waals surface area contributed by atoms with E-state index in [1.54, 1.807) is 12.1 Å². The number of aryl methyl sites for hydroxylation is 1. The third-order valence-electron chi connectivity index (χ3n) is 7.35. The number of fused-ring (bicyclic) bond motifs is 3. The van der Waals surface area contributed by atoms with Gasteiger partial charge in [0, 0.05) is 16.5 Å². The van der Waals surface area contributed by atoms with Crippen LogP contribution in [0, 0.1) is 18.4 Å². The molecule has 1 fully saturated rings. The Morgan fingerprint density at radius 1 is 1.17 bits per heavy atom. The summed E-state index contributed by atoms with van der Waals surface area (Å²) in [5.41, 5.74) is 4.92. The fourth-order valence-corrected chi connectivity index (χ4v) is 5.91. The number of hydrazone groups is 1. The summed E-state index contributed by atoms with van der Waals surface area (Å²) in [4.78, 5) is 27.2. The fraction of sp³-hybridized carbons (Fsp3) is 0.407. The van der Waals surface area contributed by atoms with E-state index in [0.717, 1.165) is 35.4 Å². The Bertz CT molecular complexity index is 1250. The molecular weight excluding hydrogens is 466 g/mol. The van der Waals surface area contributed by atoms with E-state index < -0.39 is 18.5 Å². The van der Waals surface area contributed by atoms with Crippen molar-refractivity contribution in [3.8, 4) is 0 Å². The predicted octanol–water partition coefficient (Wildman–Crippen LogP) is 5.57. The van der Waals surface area contributed by atoms with Gasteiger partial charge in [0.15, 0.2) is 6.61 Å². The zero-order valence-electron chi connectivity index (χ0n) is 19.5. The van der Waals surface area contributed by atoms with Crippen molar-refractivity contribution in [2.24, 2.45) is 16.9 Å². The van der Waals surface area contributed by atoms with Gasteiger partial charge in [-0.3, -0.25) is 5.01 Å². The van der Waals surface area contributed by atoms with Gasteiger partial charge in [0.1, 0.15) is 0 Å². The number of esters is 2. The van der Waals surface area contributed by atoms with Gasteiger partial charge in [-0.2, -0.15) is 5.10 Å². The Balaban J connectivity index is 1.47. The van der Waals surface area contributed by atoms with Crippen molar-refractivity contribution in [1.82, 2.24) is 0 Å². The van der Waals surface area contributed by atoms with E-state index in [2.05, 4.69) is 14.6 Å². The monoisotopic (exact) mass is 491 g/mol. The second-order valence-corrected chi connectivity index (χ2v) is 9.69. The summed E-state index contributed by atoms with van der Waals surface area (Å²) in [5.74, 6) is -0.299. The number of carbonyl (C=O) groups excluding carboxylic acids is 2. The van der Waals surface area contributed by atoms with Gasteiger partial charge in [0.25, 0.3) is 0 Å². The molecule has 1 saturated carbocycles. The molecule has 1 aliphatic heterocycles. The number of rotatable bonds is 5. The summed E-state index contributed by atoms with van der Waals surface area (Å²) in [6, 6.07) is 11.3. The summed E-state index contributed by atoms with van der Waals surface area (Å²) in [5, 5.41) is 7.69. The van der Waals surface area contributed by atoms with Gasteiger partial charge in [-0.05, 0) is 61.4 Å². The molecule has 7 nitrogen and oxygen atoms in total. The van der Waals surface area contributed by atoms with Gasteiger partial charge in [0.05, 0.1) is 36.7 Å². The van der Waals surface area contributed by atoms with E-state index in [4.69, 9.17) is 28.0 Å². The average molecular weight is 492 g/mol. The molecule has 2 aromatic rings. The van der Waals surface area contributed by atoms with Crippen molar-refractivity contribution >= 4 is 40.6 Å². The van der Waals surface area contributed by atoms with Crippen LogP contribution in [0.15, 0.2) is 41.5 Å². The topological polar surface area (TPSA) is 72.6 Å². The minimum absolute atomic E-state index is 0.250. The maximum atomic E-state index is 12.4. The van der Waals surface area contributed by atoms with Crippen molar-refractivity contribution in [2.75, 3.05) is 18.7 Å². The summed E-state index contributed by atoms with van der Waals surface area (Å²) >= 11 is 6.39. The maximum absolute atomic E-state index is 12.4. The van der Waals surface area contributed by atoms with E-state index >= 15 is 0 Å². The van der Waals surface area contributed by atoms with E-state index in [9.17, 15) is 9.59 Å². The van der Waals surface area contributed by atoms with Crippen molar-refractivity contribution in [3.63, 3.8) is 0 Å². The average Bonchev–Trinajstić information content (AvgIpc) is 3.54. The first-order chi connectivity index (χ1) is 17.0. The Morgan fingerprint density at radius 3 is 2.69 bits per heavy atom. The van der Waals surface area contributed by atoms with Crippen LogP contribution >= 0.6 is 11.6 Å². The van der Waals surface area contributed by atoms with Gasteiger partial charge in [0.2, 0.25) is 5.69 Å². The molecule has 2 atom stereocenters. The normalized spacial score (nSPS) is 21.1. The zero-order chi connectivity index (χ0) is 24.5. The molecule has 2 aliphatic carbocycles. The lowest BCUT2D eigenvalue weighted by molar-refractivity contribution is -0.144. The van der Waals surface area contributed by atoms with Crippen LogP contribution in [0.25, 0.3) is 4.85 Å². The molecule has 8 heteroatoms. The minimum atomic E-state index is -0.595. The van der Waals surface area contributed by atoms with Crippen LogP contribution < -0.4 is 5.01 Å². The van der Waals surface area contributed by atoms with Gasteiger partial charge in [-0.25, -0.2) is 14.4 Å². The van der Waals surface area contributed by atoms with Crippen LogP contribution in [0.3, 0.4) is 0 Å². The first-order valence-corrected chi connectivity index (χ1v) is 12.3. The minimum Gasteiger partial charge on any atom is -0.466 e. The van der Waals surface area contributed by atoms with Crippen LogP contribution in [-0.2, 0) is 20.7 Å². The molecule has 35 heavy (non-hydrogen) atoms. The van der Waals surface area contributed by atoms with Gasteiger partial charge in [-0.1, -0.05) is 36.6 Å². The molecule has 1 heterocycles. The maximum Gasteiger partial charge on any atom is 0.344 e. The van der Waals surface area contributed by atoms with Crippen molar-refractivity contribution in [2.45, 2.75) is 44.6 Å². The molecule has 0 aromatic heterocycles. The Labute approximate surface area is 209 Å². The molecule has 0 unspecified atom stereocenters. The molecule has 180 valence electrons. The van der Waals surface area contributed by atoms with Crippen LogP contribution in [0.1, 0.15) is 53.6 Å². The van der Waals surface area contributed by atoms with Gasteiger partial charge < -0.3 is 9.47 Å². The molecule has 0 spiro atoms. The molecule has 0 N–H and O–H groups in total. The Morgan fingerprint density at radius 2 is 1.97 bits per heavy atom. The molecule has 0 radical (unpaired) electrons. The quantitative estimate of drug-likeness (QED) is 0.404. The third kappa shape index (κ3) is 4.39. The highest BCUT2D eigenvalue weighted by Gasteiger charge is 2.45. The Kier molecular flexibility index (Phi) is 6.48. The lowest BCUT2D eigenvalue weighted by atomic mass is 9.75. The lowest BCUT2D eigenvalue weighted by Crippen LogP contribution is -2.40. The highest BCUT2D eigenvalue weighted by Crippen LogP contribution is 2.45. The van der Waals surface area contributed by atoms with E-state index in [1.165, 1.54) is 32.8 Å². The number of nitrogens with zero attached hydrogens (tertiary/aromatic N) is 3. The fourth-order valence-electron chi connectivity index (χ4n) is 5.69. The van der Waals surface area contributed by atoms with E-state index in [0.29, 0.717) is 28.1 Å². The second-order valence-electron chi connectivity index (χ2n) is 9.28. The van der Waals surface area contributed by atoms with Crippen molar-refractivity contribution in [3.05, 3.63) is 69.5 Å². The second kappa shape index (κ2) is 9.71. The number of methoxy groups -OCH3 is 1. The molecule has 0 amide bonds. The molecular formula is C27H26ClN3O4. The number of benzene rings is 2. The number of hydrogen-bond donors (Lipinski definition) is 0. The van der Waals surface area contributed by atoms with Crippen molar-refractivity contribution < 1.29 is 19.1 Å². The third-order valence-corrected chi connectivity index (χ3v) is 7.65. The highest BCUT2D eigenvalue weighted by atomic mass is 35.5. The van der Waals surface area contributed by atoms with Gasteiger partial charge >= 0.3 is 11.9 Å². The number of carbonyl (C=O) groups is 2. The predicted molar refractivity (Wildman–Crippen MR) is 133 cm³/mol. The van der Waals surface area contributed by atoms with Crippen LogP contribution in [-0.4, -0.2) is 37.4 Å². The summed E-state index contributed by atoms with van der Waals surface area (Å²) in [6.45, 7) is 6.89. The van der Waals surface area contributed by atoms with E-state index in [-0.39, 0.29) is 6.04 Å². The summed E-state index contributed by atoms with van der Waals surface area (Å²) in [7, 11) is 1.25. The number of halogens is 1. The molecule has 5 rings (SSSR count). The van der Waals surface area contributed by atoms with Crippen LogP contribution in [0.5, 0.6) is 0 Å². The standard InChI is InChI=1S/C27H26ClN3O4/c1-29-23-12-9-19(14-22(23)28)31-26(16-5-3-4-6-16)21-11-7-17-13-18(8-10-20(17)25(21)30-31)27(33)35-15-24(32)34-2/h8-10,12-14,16,21,26H,3-7,11,15H2,2H3/t21-,26-/m0/s1. The first kappa shape index (κ1) is 23.4. The molecule has 0 saturated heterocycles. The molecule has 2 aromatic carbocycles. The molecule has 0 bridgehead atoms. The zero-order valence-corrected chi connectivity index (χ0v) is 20.3. The van der Waals surface area contributed by atoms with Crippen LogP contribution in [0.4, 0.5) is 11.4 Å². The SMILES string of the molecule is [C-]#[N+]c1ccc(N2N=C3c4ccc(C(=O)OCC(=O)OC)cc4CC[C@@H]3[C@@H]2C2CCCC2)cc1Cl. The Hall–Kier alpha value is -3.37. The molecule has 3 aliphatic rings. The highest BCUT2D eigenvalue weighted by molar-refractivity contribution is 6.33. The van der Waals surface area contributed by atoms with Gasteiger partial charge in [-0.15, -0.1) is 0 Å². The summed E-state index contributed by atoms with van der Waals surface area (Å²) in [6.07, 6.45) is 6.63. The lowest BCUT2D eigenvalue weighted by Gasteiger charge is -2.34. The number of hydrogen-bond acceptors (Lipinski definition) is 6. The number of anilines is 1. The van der Waals surface area contributed by atoms with E-state index in [1.807, 2.05) is 24.3 Å².